The molecule has 1 fully saturated rings. The van der Waals surface area contributed by atoms with E-state index >= 15 is 0 Å². The molecular formula is C9H7NO. The number of nitrogens with zero attached hydrogens (tertiary/aromatic N) is 1. The van der Waals surface area contributed by atoms with Gasteiger partial charge in [-0.2, -0.15) is 5.26 Å². The van der Waals surface area contributed by atoms with Crippen LogP contribution >= 0.6 is 0 Å². The third kappa shape index (κ3) is 1.11. The van der Waals surface area contributed by atoms with E-state index in [9.17, 15) is 0 Å². The molecular weight excluding hydrogens is 138 g/mol. The Hall–Kier alpha value is -1.33. The Morgan fingerprint density at radius 1 is 1.45 bits per heavy atom. The molecule has 1 heterocycles. The van der Waals surface area contributed by atoms with E-state index in [1.807, 2.05) is 24.3 Å². The predicted molar refractivity (Wildman–Crippen MR) is 39.9 cm³/mol. The Balaban J connectivity index is 2.44. The number of epoxide rings is 1. The van der Waals surface area contributed by atoms with E-state index in [0.29, 0.717) is 0 Å². The molecule has 1 aliphatic rings. The lowest BCUT2D eigenvalue weighted by molar-refractivity contribution is 0.415. The van der Waals surface area contributed by atoms with Gasteiger partial charge in [0, 0.05) is 5.56 Å². The topological polar surface area (TPSA) is 36.3 Å². The van der Waals surface area contributed by atoms with Crippen LogP contribution in [0.2, 0.25) is 0 Å². The molecule has 2 heteroatoms. The average molecular weight is 145 g/mol. The highest BCUT2D eigenvalue weighted by molar-refractivity contribution is 5.39. The van der Waals surface area contributed by atoms with Gasteiger partial charge in [-0.05, 0) is 6.07 Å². The molecule has 11 heavy (non-hydrogen) atoms. The van der Waals surface area contributed by atoms with Crippen molar-refractivity contribution in [2.24, 2.45) is 0 Å². The second-order valence-electron chi connectivity index (χ2n) is 2.52. The van der Waals surface area contributed by atoms with Crippen LogP contribution in [-0.4, -0.2) is 6.61 Å². The molecule has 0 unspecified atom stereocenters. The highest BCUT2D eigenvalue weighted by Gasteiger charge is 2.26. The summed E-state index contributed by atoms with van der Waals surface area (Å²) in [5, 5.41) is 8.69. The number of rotatable bonds is 1. The summed E-state index contributed by atoms with van der Waals surface area (Å²) in [7, 11) is 0. The van der Waals surface area contributed by atoms with Crippen molar-refractivity contribution in [3.05, 3.63) is 35.4 Å². The Labute approximate surface area is 65.0 Å². The quantitative estimate of drug-likeness (QED) is 0.563. The fourth-order valence-corrected chi connectivity index (χ4v) is 1.11. The molecule has 0 N–H and O–H groups in total. The second-order valence-corrected chi connectivity index (χ2v) is 2.52. The number of hydrogen-bond donors (Lipinski definition) is 0. The van der Waals surface area contributed by atoms with E-state index in [2.05, 4.69) is 6.07 Å². The summed E-state index contributed by atoms with van der Waals surface area (Å²) >= 11 is 0. The molecule has 0 aromatic heterocycles. The standard InChI is InChI=1S/C9H7NO/c10-5-7-3-1-2-4-8(7)9-6-11-9/h1-4,9H,6H2/t9-/m1/s1. The first-order chi connectivity index (χ1) is 5.42. The van der Waals surface area contributed by atoms with Crippen molar-refractivity contribution in [2.75, 3.05) is 6.61 Å². The minimum Gasteiger partial charge on any atom is -0.368 e. The molecule has 0 radical (unpaired) electrons. The van der Waals surface area contributed by atoms with Gasteiger partial charge in [0.1, 0.15) is 6.10 Å². The van der Waals surface area contributed by atoms with Gasteiger partial charge in [0.15, 0.2) is 0 Å². The van der Waals surface area contributed by atoms with Gasteiger partial charge in [0.05, 0.1) is 18.2 Å². The molecule has 54 valence electrons. The maximum absolute atomic E-state index is 8.69. The van der Waals surface area contributed by atoms with Crippen molar-refractivity contribution in [3.63, 3.8) is 0 Å². The summed E-state index contributed by atoms with van der Waals surface area (Å²) in [6.07, 6.45) is 0.186. The molecule has 1 atom stereocenters. The average Bonchev–Trinajstić information content (AvgIpc) is 2.87. The molecule has 0 spiro atoms. The fraction of sp³-hybridized carbons (Fsp3) is 0.222. The number of nitriles is 1. The van der Waals surface area contributed by atoms with Crippen LogP contribution in [-0.2, 0) is 4.74 Å². The third-order valence-electron chi connectivity index (χ3n) is 1.76. The van der Waals surface area contributed by atoms with E-state index < -0.39 is 0 Å². The zero-order chi connectivity index (χ0) is 7.68. The summed E-state index contributed by atoms with van der Waals surface area (Å²) < 4.78 is 5.09. The van der Waals surface area contributed by atoms with Gasteiger partial charge in [0.2, 0.25) is 0 Å². The molecule has 2 rings (SSSR count). The zero-order valence-electron chi connectivity index (χ0n) is 5.95. The number of benzene rings is 1. The molecule has 1 saturated heterocycles. The molecule has 2 nitrogen and oxygen atoms in total. The van der Waals surface area contributed by atoms with Gasteiger partial charge in [-0.3, -0.25) is 0 Å². The first-order valence-electron chi connectivity index (χ1n) is 3.52. The smallest absolute Gasteiger partial charge is 0.107 e. The van der Waals surface area contributed by atoms with Crippen molar-refractivity contribution < 1.29 is 4.74 Å². The molecule has 0 saturated carbocycles. The van der Waals surface area contributed by atoms with Crippen LogP contribution in [0.15, 0.2) is 24.3 Å². The lowest BCUT2D eigenvalue weighted by Crippen LogP contribution is -1.85. The maximum atomic E-state index is 8.69. The van der Waals surface area contributed by atoms with Crippen LogP contribution in [0.5, 0.6) is 0 Å². The van der Waals surface area contributed by atoms with Crippen LogP contribution in [0, 0.1) is 11.3 Å². The highest BCUT2D eigenvalue weighted by atomic mass is 16.6. The Morgan fingerprint density at radius 2 is 2.18 bits per heavy atom. The zero-order valence-corrected chi connectivity index (χ0v) is 5.95. The summed E-state index contributed by atoms with van der Waals surface area (Å²) in [5.41, 5.74) is 1.75. The van der Waals surface area contributed by atoms with Gasteiger partial charge in [-0.15, -0.1) is 0 Å². The van der Waals surface area contributed by atoms with Crippen LogP contribution in [0.1, 0.15) is 17.2 Å². The van der Waals surface area contributed by atoms with Crippen LogP contribution in [0.3, 0.4) is 0 Å². The minimum absolute atomic E-state index is 0.186. The largest absolute Gasteiger partial charge is 0.368 e. The van der Waals surface area contributed by atoms with E-state index in [0.717, 1.165) is 17.7 Å². The molecule has 0 amide bonds. The predicted octanol–water partition coefficient (Wildman–Crippen LogP) is 1.63. The van der Waals surface area contributed by atoms with Gasteiger partial charge < -0.3 is 4.74 Å². The Morgan fingerprint density at radius 3 is 2.82 bits per heavy atom. The Kier molecular flexibility index (Phi) is 1.38. The summed E-state index contributed by atoms with van der Waals surface area (Å²) in [4.78, 5) is 0. The molecule has 1 aromatic rings. The molecule has 1 aliphatic heterocycles. The maximum Gasteiger partial charge on any atom is 0.107 e. The number of ether oxygens (including phenoxy) is 1. The monoisotopic (exact) mass is 145 g/mol. The van der Waals surface area contributed by atoms with Crippen molar-refractivity contribution >= 4 is 0 Å². The highest BCUT2D eigenvalue weighted by Crippen LogP contribution is 2.31. The number of hydrogen-bond acceptors (Lipinski definition) is 2. The van der Waals surface area contributed by atoms with E-state index in [1.165, 1.54) is 0 Å². The van der Waals surface area contributed by atoms with Crippen molar-refractivity contribution in [1.29, 1.82) is 5.26 Å². The SMILES string of the molecule is N#Cc1ccccc1[C@H]1CO1. The van der Waals surface area contributed by atoms with E-state index in [1.54, 1.807) is 0 Å². The van der Waals surface area contributed by atoms with E-state index in [-0.39, 0.29) is 6.10 Å². The normalized spacial score (nSPS) is 20.8. The summed E-state index contributed by atoms with van der Waals surface area (Å²) in [6, 6.07) is 9.69. The minimum atomic E-state index is 0.186. The molecule has 1 aromatic carbocycles. The summed E-state index contributed by atoms with van der Waals surface area (Å²) in [6.45, 7) is 0.763. The third-order valence-corrected chi connectivity index (χ3v) is 1.76. The van der Waals surface area contributed by atoms with Crippen molar-refractivity contribution in [2.45, 2.75) is 6.10 Å². The van der Waals surface area contributed by atoms with Crippen LogP contribution < -0.4 is 0 Å². The lowest BCUT2D eigenvalue weighted by Gasteiger charge is -1.96. The van der Waals surface area contributed by atoms with Gasteiger partial charge in [-0.1, -0.05) is 18.2 Å². The van der Waals surface area contributed by atoms with Gasteiger partial charge >= 0.3 is 0 Å². The Bertz CT molecular complexity index is 310. The summed E-state index contributed by atoms with van der Waals surface area (Å²) in [5.74, 6) is 0. The first kappa shape index (κ1) is 6.38. The van der Waals surface area contributed by atoms with Gasteiger partial charge in [-0.25, -0.2) is 0 Å². The first-order valence-corrected chi connectivity index (χ1v) is 3.52. The van der Waals surface area contributed by atoms with Crippen LogP contribution in [0.4, 0.5) is 0 Å². The van der Waals surface area contributed by atoms with E-state index in [4.69, 9.17) is 10.00 Å². The van der Waals surface area contributed by atoms with Crippen molar-refractivity contribution in [3.8, 4) is 6.07 Å². The van der Waals surface area contributed by atoms with Gasteiger partial charge in [0.25, 0.3) is 0 Å². The fourth-order valence-electron chi connectivity index (χ4n) is 1.11. The van der Waals surface area contributed by atoms with Crippen molar-refractivity contribution in [1.82, 2.24) is 0 Å². The van der Waals surface area contributed by atoms with Crippen LogP contribution in [0.25, 0.3) is 0 Å². The molecule has 0 bridgehead atoms. The molecule has 0 aliphatic carbocycles. The second kappa shape index (κ2) is 2.37. The lowest BCUT2D eigenvalue weighted by atomic mass is 10.1.